The quantitative estimate of drug-likeness (QED) is 0.757. The standard InChI is InChI=1S/C14H18FNO3/c1-16(7-11-4-3-5-12(15)6-11)8-14(9-19-10-14)13(17)18-2/h3-6H,7-10H2,1-2H3. The molecule has 104 valence electrons. The third-order valence-corrected chi connectivity index (χ3v) is 3.29. The lowest BCUT2D eigenvalue weighted by Gasteiger charge is -2.40. The van der Waals surface area contributed by atoms with Gasteiger partial charge in [0, 0.05) is 13.1 Å². The van der Waals surface area contributed by atoms with Gasteiger partial charge >= 0.3 is 5.97 Å². The van der Waals surface area contributed by atoms with Crippen molar-refractivity contribution in [2.24, 2.45) is 5.41 Å². The van der Waals surface area contributed by atoms with E-state index in [1.54, 1.807) is 6.07 Å². The Labute approximate surface area is 112 Å². The average molecular weight is 267 g/mol. The highest BCUT2D eigenvalue weighted by atomic mass is 19.1. The fourth-order valence-corrected chi connectivity index (χ4v) is 2.36. The van der Waals surface area contributed by atoms with Crippen LogP contribution in [0, 0.1) is 11.2 Å². The van der Waals surface area contributed by atoms with Crippen molar-refractivity contribution in [2.75, 3.05) is 33.9 Å². The van der Waals surface area contributed by atoms with Crippen LogP contribution in [-0.2, 0) is 20.8 Å². The van der Waals surface area contributed by atoms with Crippen molar-refractivity contribution in [3.8, 4) is 0 Å². The van der Waals surface area contributed by atoms with Gasteiger partial charge in [0.1, 0.15) is 11.2 Å². The summed E-state index contributed by atoms with van der Waals surface area (Å²) in [6.45, 7) is 1.88. The van der Waals surface area contributed by atoms with Crippen molar-refractivity contribution in [2.45, 2.75) is 6.54 Å². The van der Waals surface area contributed by atoms with E-state index < -0.39 is 5.41 Å². The summed E-state index contributed by atoms with van der Waals surface area (Å²) in [4.78, 5) is 13.7. The molecule has 0 saturated carbocycles. The fraction of sp³-hybridized carbons (Fsp3) is 0.500. The van der Waals surface area contributed by atoms with Gasteiger partial charge in [-0.05, 0) is 24.7 Å². The van der Waals surface area contributed by atoms with Gasteiger partial charge in [0.25, 0.3) is 0 Å². The van der Waals surface area contributed by atoms with Crippen LogP contribution >= 0.6 is 0 Å². The molecule has 0 spiro atoms. The molecule has 4 nitrogen and oxygen atoms in total. The molecule has 19 heavy (non-hydrogen) atoms. The van der Waals surface area contributed by atoms with Crippen LogP contribution in [0.15, 0.2) is 24.3 Å². The summed E-state index contributed by atoms with van der Waals surface area (Å²) in [5.74, 6) is -0.495. The molecule has 1 saturated heterocycles. The van der Waals surface area contributed by atoms with Gasteiger partial charge in [0.2, 0.25) is 0 Å². The highest BCUT2D eigenvalue weighted by Crippen LogP contribution is 2.30. The van der Waals surface area contributed by atoms with Crippen LogP contribution in [-0.4, -0.2) is 44.8 Å². The van der Waals surface area contributed by atoms with E-state index in [9.17, 15) is 9.18 Å². The second kappa shape index (κ2) is 5.67. The van der Waals surface area contributed by atoms with Crippen LogP contribution < -0.4 is 0 Å². The minimum Gasteiger partial charge on any atom is -0.468 e. The first kappa shape index (κ1) is 14.0. The van der Waals surface area contributed by atoms with E-state index in [1.807, 2.05) is 18.0 Å². The largest absolute Gasteiger partial charge is 0.468 e. The minimum absolute atomic E-state index is 0.246. The van der Waals surface area contributed by atoms with Crippen molar-refractivity contribution in [3.05, 3.63) is 35.6 Å². The van der Waals surface area contributed by atoms with Crippen molar-refractivity contribution in [1.29, 1.82) is 0 Å². The normalized spacial score (nSPS) is 17.1. The van der Waals surface area contributed by atoms with Crippen LogP contribution in [0.4, 0.5) is 4.39 Å². The first-order chi connectivity index (χ1) is 9.05. The zero-order valence-electron chi connectivity index (χ0n) is 11.2. The zero-order valence-corrected chi connectivity index (χ0v) is 11.2. The Morgan fingerprint density at radius 3 is 2.79 bits per heavy atom. The summed E-state index contributed by atoms with van der Waals surface area (Å²) < 4.78 is 23.1. The summed E-state index contributed by atoms with van der Waals surface area (Å²) in [6.07, 6.45) is 0. The van der Waals surface area contributed by atoms with Gasteiger partial charge in [-0.25, -0.2) is 4.39 Å². The molecule has 0 radical (unpaired) electrons. The average Bonchev–Trinajstić information content (AvgIpc) is 2.33. The summed E-state index contributed by atoms with van der Waals surface area (Å²) >= 11 is 0. The fourth-order valence-electron chi connectivity index (χ4n) is 2.36. The summed E-state index contributed by atoms with van der Waals surface area (Å²) in [5, 5.41) is 0. The Bertz CT molecular complexity index is 460. The Morgan fingerprint density at radius 1 is 1.53 bits per heavy atom. The lowest BCUT2D eigenvalue weighted by molar-refractivity contribution is -0.186. The molecular formula is C14H18FNO3. The van der Waals surface area contributed by atoms with Crippen molar-refractivity contribution in [3.63, 3.8) is 0 Å². The van der Waals surface area contributed by atoms with E-state index in [2.05, 4.69) is 0 Å². The molecule has 2 rings (SSSR count). The third kappa shape index (κ3) is 3.11. The molecule has 0 bridgehead atoms. The maximum Gasteiger partial charge on any atom is 0.317 e. The molecule has 5 heteroatoms. The second-order valence-corrected chi connectivity index (χ2v) is 5.07. The number of halogens is 1. The third-order valence-electron chi connectivity index (χ3n) is 3.29. The van der Waals surface area contributed by atoms with Gasteiger partial charge in [-0.3, -0.25) is 4.79 Å². The smallest absolute Gasteiger partial charge is 0.317 e. The predicted octanol–water partition coefficient (Wildman–Crippen LogP) is 1.45. The minimum atomic E-state index is -0.573. The predicted molar refractivity (Wildman–Crippen MR) is 68.0 cm³/mol. The number of carbonyl (C=O) groups is 1. The Hall–Kier alpha value is -1.46. The van der Waals surface area contributed by atoms with Gasteiger partial charge in [0.15, 0.2) is 0 Å². The molecule has 0 amide bonds. The number of nitrogens with zero attached hydrogens (tertiary/aromatic N) is 1. The molecule has 0 unspecified atom stereocenters. The number of hydrogen-bond donors (Lipinski definition) is 0. The molecule has 0 N–H and O–H groups in total. The lowest BCUT2D eigenvalue weighted by atomic mass is 9.85. The summed E-state index contributed by atoms with van der Waals surface area (Å²) in [6, 6.07) is 6.46. The van der Waals surface area contributed by atoms with Gasteiger partial charge in [-0.2, -0.15) is 0 Å². The molecule has 0 atom stereocenters. The highest BCUT2D eigenvalue weighted by molar-refractivity contribution is 5.78. The van der Waals surface area contributed by atoms with E-state index in [0.29, 0.717) is 26.3 Å². The SMILES string of the molecule is COC(=O)C1(CN(C)Cc2cccc(F)c2)COC1. The summed E-state index contributed by atoms with van der Waals surface area (Å²) in [7, 11) is 3.28. The molecule has 0 aromatic heterocycles. The van der Waals surface area contributed by atoms with E-state index in [1.165, 1.54) is 19.2 Å². The van der Waals surface area contributed by atoms with Gasteiger partial charge in [0.05, 0.1) is 20.3 Å². The molecular weight excluding hydrogens is 249 g/mol. The maximum atomic E-state index is 13.1. The van der Waals surface area contributed by atoms with Crippen molar-refractivity contribution >= 4 is 5.97 Å². The Balaban J connectivity index is 1.97. The highest BCUT2D eigenvalue weighted by Gasteiger charge is 2.47. The molecule has 1 aliphatic heterocycles. The number of hydrogen-bond acceptors (Lipinski definition) is 4. The van der Waals surface area contributed by atoms with Crippen LogP contribution in [0.3, 0.4) is 0 Å². The van der Waals surface area contributed by atoms with E-state index in [0.717, 1.165) is 5.56 Å². The van der Waals surface area contributed by atoms with E-state index >= 15 is 0 Å². The lowest BCUT2D eigenvalue weighted by Crippen LogP contribution is -2.55. The Kier molecular flexibility index (Phi) is 4.17. The Morgan fingerprint density at radius 2 is 2.26 bits per heavy atom. The van der Waals surface area contributed by atoms with Gasteiger partial charge in [-0.1, -0.05) is 12.1 Å². The second-order valence-electron chi connectivity index (χ2n) is 5.07. The van der Waals surface area contributed by atoms with Gasteiger partial charge < -0.3 is 14.4 Å². The molecule has 1 aromatic rings. The first-order valence-corrected chi connectivity index (χ1v) is 6.15. The first-order valence-electron chi connectivity index (χ1n) is 6.15. The maximum absolute atomic E-state index is 13.1. The number of esters is 1. The van der Waals surface area contributed by atoms with E-state index in [4.69, 9.17) is 9.47 Å². The molecule has 1 fully saturated rings. The van der Waals surface area contributed by atoms with Crippen LogP contribution in [0.1, 0.15) is 5.56 Å². The van der Waals surface area contributed by atoms with Gasteiger partial charge in [-0.15, -0.1) is 0 Å². The number of ether oxygens (including phenoxy) is 2. The molecule has 1 aromatic carbocycles. The topological polar surface area (TPSA) is 38.8 Å². The van der Waals surface area contributed by atoms with Crippen LogP contribution in [0.5, 0.6) is 0 Å². The number of methoxy groups -OCH3 is 1. The molecule has 0 aliphatic carbocycles. The van der Waals surface area contributed by atoms with Crippen molar-refractivity contribution in [1.82, 2.24) is 4.90 Å². The molecule has 1 heterocycles. The zero-order chi connectivity index (χ0) is 13.9. The van der Waals surface area contributed by atoms with Crippen LogP contribution in [0.2, 0.25) is 0 Å². The molecule has 1 aliphatic rings. The van der Waals surface area contributed by atoms with E-state index in [-0.39, 0.29) is 11.8 Å². The number of benzene rings is 1. The monoisotopic (exact) mass is 267 g/mol. The van der Waals surface area contributed by atoms with Crippen LogP contribution in [0.25, 0.3) is 0 Å². The van der Waals surface area contributed by atoms with Crippen molar-refractivity contribution < 1.29 is 18.7 Å². The summed E-state index contributed by atoms with van der Waals surface area (Å²) in [5.41, 5.74) is 0.305. The number of rotatable bonds is 5. The number of carbonyl (C=O) groups excluding carboxylic acids is 1.